The number of rotatable bonds is 0. The molecule has 1 heterocycles. The molecule has 0 radical (unpaired) electrons. The van der Waals surface area contributed by atoms with Crippen molar-refractivity contribution in [3.05, 3.63) is 62.3 Å². The molecule has 4 heteroatoms. The summed E-state index contributed by atoms with van der Waals surface area (Å²) in [6, 6.07) is 7.38. The van der Waals surface area contributed by atoms with E-state index in [1.165, 1.54) is 0 Å². The summed E-state index contributed by atoms with van der Waals surface area (Å²) < 4.78 is 0.901. The van der Waals surface area contributed by atoms with Crippen LogP contribution in [0.25, 0.3) is 0 Å². The summed E-state index contributed by atoms with van der Waals surface area (Å²) in [6.45, 7) is 0. The average molecular weight is 323 g/mol. The fourth-order valence-electron chi connectivity index (χ4n) is 2.26. The second-order valence-electron chi connectivity index (χ2n) is 4.29. The summed E-state index contributed by atoms with van der Waals surface area (Å²) >= 11 is 9.37. The van der Waals surface area contributed by atoms with Crippen LogP contribution in [0.2, 0.25) is 5.02 Å². The van der Waals surface area contributed by atoms with Gasteiger partial charge in [-0.1, -0.05) is 11.6 Å². The maximum atomic E-state index is 12.4. The summed E-state index contributed by atoms with van der Waals surface area (Å²) in [5, 5.41) is 0.668. The van der Waals surface area contributed by atoms with Gasteiger partial charge in [0.05, 0.1) is 0 Å². The van der Waals surface area contributed by atoms with E-state index in [4.69, 9.17) is 11.6 Å². The zero-order chi connectivity index (χ0) is 12.7. The number of nitrogens with zero attached hydrogens (tertiary/aromatic N) is 1. The maximum Gasteiger partial charge on any atom is 0.211 e. The van der Waals surface area contributed by atoms with Crippen LogP contribution >= 0.6 is 27.5 Å². The molecule has 0 aliphatic heterocycles. The van der Waals surface area contributed by atoms with Gasteiger partial charge < -0.3 is 0 Å². The summed E-state index contributed by atoms with van der Waals surface area (Å²) in [4.78, 5) is 16.7. The number of ketones is 1. The number of pyridine rings is 1. The predicted molar refractivity (Wildman–Crippen MR) is 74.2 cm³/mol. The largest absolute Gasteiger partial charge is 0.287 e. The van der Waals surface area contributed by atoms with Gasteiger partial charge in [0.2, 0.25) is 5.78 Å². The van der Waals surface area contributed by atoms with Gasteiger partial charge in [0.25, 0.3) is 0 Å². The van der Waals surface area contributed by atoms with Crippen molar-refractivity contribution in [3.8, 4) is 0 Å². The highest BCUT2D eigenvalue weighted by Crippen LogP contribution is 2.26. The van der Waals surface area contributed by atoms with Gasteiger partial charge in [0.1, 0.15) is 5.69 Å². The molecule has 0 saturated carbocycles. The topological polar surface area (TPSA) is 30.0 Å². The summed E-state index contributed by atoms with van der Waals surface area (Å²) in [5.74, 6) is -0.0123. The number of aromatic nitrogens is 1. The lowest BCUT2D eigenvalue weighted by molar-refractivity contribution is 0.103. The second kappa shape index (κ2) is 4.48. The Hall–Kier alpha value is -1.19. The highest BCUT2D eigenvalue weighted by atomic mass is 79.9. The van der Waals surface area contributed by atoms with Crippen LogP contribution in [0.4, 0.5) is 0 Å². The Bertz CT molecular complexity index is 599. The molecular formula is C14H9BrClNO. The summed E-state index contributed by atoms with van der Waals surface area (Å²) in [5.41, 5.74) is 3.26. The minimum atomic E-state index is -0.0123. The number of hydrogen-bond donors (Lipinski definition) is 0. The zero-order valence-electron chi connectivity index (χ0n) is 9.41. The van der Waals surface area contributed by atoms with Crippen molar-refractivity contribution in [1.29, 1.82) is 0 Å². The predicted octanol–water partition coefficient (Wildman–Crippen LogP) is 3.83. The first kappa shape index (κ1) is 11.9. The third-order valence-corrected chi connectivity index (χ3v) is 3.79. The Kier molecular flexibility index (Phi) is 2.96. The van der Waals surface area contributed by atoms with Crippen LogP contribution in [0.1, 0.15) is 27.2 Å². The van der Waals surface area contributed by atoms with Crippen molar-refractivity contribution in [2.45, 2.75) is 12.8 Å². The molecule has 0 N–H and O–H groups in total. The Morgan fingerprint density at radius 2 is 1.94 bits per heavy atom. The van der Waals surface area contributed by atoms with Crippen LogP contribution in [-0.2, 0) is 12.8 Å². The van der Waals surface area contributed by atoms with E-state index in [1.54, 1.807) is 18.3 Å². The first-order chi connectivity index (χ1) is 8.65. The number of halogens is 2. The zero-order valence-corrected chi connectivity index (χ0v) is 11.8. The lowest BCUT2D eigenvalue weighted by Gasteiger charge is -2.04. The number of carbonyl (C=O) groups excluding carboxylic acids is 1. The number of fused-ring (bicyclic) bond motifs is 2. The minimum Gasteiger partial charge on any atom is -0.287 e. The molecule has 1 aliphatic rings. The standard InChI is InChI=1S/C14H9BrClNO/c15-10-5-9-2-1-8-6-11(16)3-4-12(8)14(18)13(9)17-7-10/h3-7H,1-2H2. The average Bonchev–Trinajstić information content (AvgIpc) is 2.47. The van der Waals surface area contributed by atoms with E-state index in [-0.39, 0.29) is 5.78 Å². The van der Waals surface area contributed by atoms with Crippen LogP contribution in [0.5, 0.6) is 0 Å². The van der Waals surface area contributed by atoms with Crippen molar-refractivity contribution in [3.63, 3.8) is 0 Å². The molecule has 3 rings (SSSR count). The maximum absolute atomic E-state index is 12.4. The van der Waals surface area contributed by atoms with Crippen LogP contribution in [0, 0.1) is 0 Å². The van der Waals surface area contributed by atoms with Crippen molar-refractivity contribution in [2.24, 2.45) is 0 Å². The quantitative estimate of drug-likeness (QED) is 0.738. The SMILES string of the molecule is O=C1c2ccc(Cl)cc2CCc2cc(Br)cnc21. The third kappa shape index (κ3) is 1.98. The van der Waals surface area contributed by atoms with E-state index in [9.17, 15) is 4.79 Å². The highest BCUT2D eigenvalue weighted by Gasteiger charge is 2.22. The molecule has 1 aromatic heterocycles. The molecular weight excluding hydrogens is 314 g/mol. The van der Waals surface area contributed by atoms with E-state index < -0.39 is 0 Å². The summed E-state index contributed by atoms with van der Waals surface area (Å²) in [6.07, 6.45) is 3.28. The van der Waals surface area contributed by atoms with Gasteiger partial charge in [0, 0.05) is 21.3 Å². The molecule has 0 fully saturated rings. The lowest BCUT2D eigenvalue weighted by Crippen LogP contribution is -2.06. The Morgan fingerprint density at radius 3 is 2.78 bits per heavy atom. The molecule has 2 nitrogen and oxygen atoms in total. The van der Waals surface area contributed by atoms with E-state index in [2.05, 4.69) is 20.9 Å². The van der Waals surface area contributed by atoms with Crippen molar-refractivity contribution >= 4 is 33.3 Å². The van der Waals surface area contributed by atoms with Crippen molar-refractivity contribution in [1.82, 2.24) is 4.98 Å². The molecule has 0 bridgehead atoms. The third-order valence-electron chi connectivity index (χ3n) is 3.12. The lowest BCUT2D eigenvalue weighted by atomic mass is 10.0. The molecule has 0 atom stereocenters. The molecule has 0 amide bonds. The van der Waals surface area contributed by atoms with Crippen LogP contribution < -0.4 is 0 Å². The second-order valence-corrected chi connectivity index (χ2v) is 5.64. The molecule has 18 heavy (non-hydrogen) atoms. The number of aryl methyl sites for hydroxylation is 2. The number of carbonyl (C=O) groups is 1. The fourth-order valence-corrected chi connectivity index (χ4v) is 2.84. The van der Waals surface area contributed by atoms with E-state index in [1.807, 2.05) is 12.1 Å². The Balaban J connectivity index is 2.18. The molecule has 1 aliphatic carbocycles. The van der Waals surface area contributed by atoms with Crippen molar-refractivity contribution in [2.75, 3.05) is 0 Å². The Morgan fingerprint density at radius 1 is 1.17 bits per heavy atom. The first-order valence-electron chi connectivity index (χ1n) is 5.63. The number of hydrogen-bond acceptors (Lipinski definition) is 2. The molecule has 0 unspecified atom stereocenters. The van der Waals surface area contributed by atoms with Gasteiger partial charge in [0.15, 0.2) is 0 Å². The van der Waals surface area contributed by atoms with Gasteiger partial charge >= 0.3 is 0 Å². The molecule has 0 spiro atoms. The van der Waals surface area contributed by atoms with Crippen molar-refractivity contribution < 1.29 is 4.79 Å². The van der Waals surface area contributed by atoms with E-state index in [0.717, 1.165) is 28.4 Å². The van der Waals surface area contributed by atoms with E-state index >= 15 is 0 Å². The van der Waals surface area contributed by atoms with Crippen LogP contribution in [-0.4, -0.2) is 10.8 Å². The molecule has 1 aromatic carbocycles. The normalized spacial score (nSPS) is 13.8. The van der Waals surface area contributed by atoms with E-state index in [0.29, 0.717) is 16.3 Å². The summed E-state index contributed by atoms with van der Waals surface area (Å²) in [7, 11) is 0. The van der Waals surface area contributed by atoms with Gasteiger partial charge in [-0.2, -0.15) is 0 Å². The highest BCUT2D eigenvalue weighted by molar-refractivity contribution is 9.10. The van der Waals surface area contributed by atoms with Gasteiger partial charge in [-0.25, -0.2) is 0 Å². The van der Waals surface area contributed by atoms with Crippen LogP contribution in [0.3, 0.4) is 0 Å². The van der Waals surface area contributed by atoms with Gasteiger partial charge in [-0.05, 0) is 64.2 Å². The Labute approximate surface area is 118 Å². The smallest absolute Gasteiger partial charge is 0.211 e. The van der Waals surface area contributed by atoms with Crippen LogP contribution in [0.15, 0.2) is 34.9 Å². The molecule has 90 valence electrons. The minimum absolute atomic E-state index is 0.0123. The fraction of sp³-hybridized carbons (Fsp3) is 0.143. The molecule has 2 aromatic rings. The monoisotopic (exact) mass is 321 g/mol. The first-order valence-corrected chi connectivity index (χ1v) is 6.80. The van der Waals surface area contributed by atoms with Gasteiger partial charge in [-0.3, -0.25) is 9.78 Å². The number of benzene rings is 1. The molecule has 0 saturated heterocycles. The van der Waals surface area contributed by atoms with Gasteiger partial charge in [-0.15, -0.1) is 0 Å².